The fourth-order valence-electron chi connectivity index (χ4n) is 1.59. The van der Waals surface area contributed by atoms with Gasteiger partial charge >= 0.3 is 0 Å². The molecule has 0 saturated carbocycles. The Labute approximate surface area is 96.6 Å². The van der Waals surface area contributed by atoms with Crippen LogP contribution in [0.3, 0.4) is 0 Å². The van der Waals surface area contributed by atoms with Crippen LogP contribution < -0.4 is 5.32 Å². The van der Waals surface area contributed by atoms with Crippen LogP contribution in [0, 0.1) is 0 Å². The van der Waals surface area contributed by atoms with Crippen LogP contribution in [0.1, 0.15) is 25.2 Å². The first-order valence-electron chi connectivity index (χ1n) is 4.93. The highest BCUT2D eigenvalue weighted by atomic mass is 79.9. The van der Waals surface area contributed by atoms with E-state index in [1.807, 2.05) is 13.1 Å². The van der Waals surface area contributed by atoms with Crippen LogP contribution in [0.4, 0.5) is 0 Å². The Balaban J connectivity index is 2.46. The van der Waals surface area contributed by atoms with E-state index < -0.39 is 0 Å². The zero-order valence-corrected chi connectivity index (χ0v) is 10.3. The molecule has 2 N–H and O–H groups in total. The monoisotopic (exact) mass is 268 g/mol. The predicted molar refractivity (Wildman–Crippen MR) is 63.7 cm³/mol. The summed E-state index contributed by atoms with van der Waals surface area (Å²) in [4.78, 5) is 12.0. The summed E-state index contributed by atoms with van der Waals surface area (Å²) in [6.07, 6.45) is 2.75. The van der Waals surface area contributed by atoms with Gasteiger partial charge in [-0.25, -0.2) is 9.97 Å². The van der Waals surface area contributed by atoms with Gasteiger partial charge in [-0.3, -0.25) is 0 Å². The largest absolute Gasteiger partial charge is 0.339 e. The van der Waals surface area contributed by atoms with Gasteiger partial charge in [-0.2, -0.15) is 0 Å². The predicted octanol–water partition coefficient (Wildman–Crippen LogP) is 2.39. The van der Waals surface area contributed by atoms with Gasteiger partial charge in [-0.1, -0.05) is 6.92 Å². The van der Waals surface area contributed by atoms with E-state index in [9.17, 15) is 0 Å². The summed E-state index contributed by atoms with van der Waals surface area (Å²) < 4.78 is 0.961. The average Bonchev–Trinajstić information content (AvgIpc) is 2.62. The average molecular weight is 269 g/mol. The number of aromatic amines is 1. The van der Waals surface area contributed by atoms with Crippen LogP contribution in [-0.4, -0.2) is 22.0 Å². The first-order chi connectivity index (χ1) is 7.24. The molecule has 0 aromatic carbocycles. The Kier molecular flexibility index (Phi) is 3.02. The molecule has 80 valence electrons. The van der Waals surface area contributed by atoms with Gasteiger partial charge in [0.2, 0.25) is 0 Å². The minimum Gasteiger partial charge on any atom is -0.339 e. The van der Waals surface area contributed by atoms with Crippen LogP contribution >= 0.6 is 15.9 Å². The minimum absolute atomic E-state index is 0.262. The van der Waals surface area contributed by atoms with E-state index in [1.165, 1.54) is 0 Å². The number of aromatic nitrogens is 3. The number of nitrogens with zero attached hydrogens (tertiary/aromatic N) is 2. The van der Waals surface area contributed by atoms with E-state index in [1.54, 1.807) is 6.20 Å². The molecule has 0 aliphatic carbocycles. The summed E-state index contributed by atoms with van der Waals surface area (Å²) in [7, 11) is 1.94. The molecule has 0 aliphatic rings. The SMILES string of the molecule is CCC(NC)c1nc2ncc(Br)cc2[nH]1. The van der Waals surface area contributed by atoms with Crippen molar-refractivity contribution in [2.75, 3.05) is 7.05 Å². The maximum Gasteiger partial charge on any atom is 0.177 e. The normalized spacial score (nSPS) is 13.3. The molecule has 2 heterocycles. The Morgan fingerprint density at radius 3 is 3.07 bits per heavy atom. The summed E-state index contributed by atoms with van der Waals surface area (Å²) in [5.74, 6) is 0.945. The number of hydrogen-bond donors (Lipinski definition) is 2. The van der Waals surface area contributed by atoms with E-state index in [0.29, 0.717) is 0 Å². The molecule has 15 heavy (non-hydrogen) atoms. The van der Waals surface area contributed by atoms with Crippen molar-refractivity contribution in [1.82, 2.24) is 20.3 Å². The molecule has 2 aromatic rings. The summed E-state index contributed by atoms with van der Waals surface area (Å²) in [6, 6.07) is 2.25. The van der Waals surface area contributed by atoms with E-state index in [0.717, 1.165) is 27.9 Å². The topological polar surface area (TPSA) is 53.6 Å². The Hall–Kier alpha value is -0.940. The second-order valence-electron chi connectivity index (χ2n) is 3.40. The van der Waals surface area contributed by atoms with E-state index >= 15 is 0 Å². The van der Waals surface area contributed by atoms with Crippen molar-refractivity contribution in [3.8, 4) is 0 Å². The summed E-state index contributed by atoms with van der Waals surface area (Å²) in [5, 5.41) is 3.21. The smallest absolute Gasteiger partial charge is 0.177 e. The molecular formula is C10H13BrN4. The molecule has 0 bridgehead atoms. The summed E-state index contributed by atoms with van der Waals surface area (Å²) >= 11 is 3.39. The van der Waals surface area contributed by atoms with Gasteiger partial charge in [-0.15, -0.1) is 0 Å². The molecule has 4 nitrogen and oxygen atoms in total. The fraction of sp³-hybridized carbons (Fsp3) is 0.400. The van der Waals surface area contributed by atoms with Gasteiger partial charge in [0.1, 0.15) is 5.82 Å². The molecule has 1 unspecified atom stereocenters. The number of hydrogen-bond acceptors (Lipinski definition) is 3. The number of pyridine rings is 1. The standard InChI is InChI=1S/C10H13BrN4/c1-3-7(12-2)10-14-8-4-6(11)5-13-9(8)15-10/h4-5,7,12H,3H2,1-2H3,(H,13,14,15). The molecule has 5 heteroatoms. The van der Waals surface area contributed by atoms with Crippen molar-refractivity contribution < 1.29 is 0 Å². The molecule has 0 aliphatic heterocycles. The molecule has 0 amide bonds. The summed E-state index contributed by atoms with van der Waals surface area (Å²) in [6.45, 7) is 2.12. The van der Waals surface area contributed by atoms with Crippen LogP contribution in [0.2, 0.25) is 0 Å². The molecule has 0 spiro atoms. The number of imidazole rings is 1. The van der Waals surface area contributed by atoms with Gasteiger partial charge in [-0.05, 0) is 35.5 Å². The lowest BCUT2D eigenvalue weighted by Crippen LogP contribution is -2.16. The lowest BCUT2D eigenvalue weighted by molar-refractivity contribution is 0.551. The van der Waals surface area contributed by atoms with Crippen molar-refractivity contribution in [3.05, 3.63) is 22.6 Å². The zero-order valence-electron chi connectivity index (χ0n) is 8.71. The molecule has 0 fully saturated rings. The van der Waals surface area contributed by atoms with Crippen LogP contribution in [0.5, 0.6) is 0 Å². The number of halogens is 1. The Bertz CT molecular complexity index is 461. The van der Waals surface area contributed by atoms with Gasteiger partial charge < -0.3 is 10.3 Å². The Morgan fingerprint density at radius 1 is 1.60 bits per heavy atom. The highest BCUT2D eigenvalue weighted by molar-refractivity contribution is 9.10. The van der Waals surface area contributed by atoms with Crippen LogP contribution in [-0.2, 0) is 0 Å². The van der Waals surface area contributed by atoms with Crippen molar-refractivity contribution in [1.29, 1.82) is 0 Å². The number of rotatable bonds is 3. The maximum atomic E-state index is 4.45. The second-order valence-corrected chi connectivity index (χ2v) is 4.31. The lowest BCUT2D eigenvalue weighted by atomic mass is 10.2. The first kappa shape index (κ1) is 10.6. The van der Waals surface area contributed by atoms with Gasteiger partial charge in [0, 0.05) is 10.7 Å². The fourth-order valence-corrected chi connectivity index (χ4v) is 1.92. The molecule has 1 atom stereocenters. The quantitative estimate of drug-likeness (QED) is 0.899. The van der Waals surface area contributed by atoms with E-state index in [-0.39, 0.29) is 6.04 Å². The van der Waals surface area contributed by atoms with E-state index in [2.05, 4.69) is 43.1 Å². The van der Waals surface area contributed by atoms with Crippen LogP contribution in [0.25, 0.3) is 11.2 Å². The van der Waals surface area contributed by atoms with Gasteiger partial charge in [0.15, 0.2) is 5.65 Å². The van der Waals surface area contributed by atoms with Crippen molar-refractivity contribution in [2.24, 2.45) is 0 Å². The van der Waals surface area contributed by atoms with E-state index in [4.69, 9.17) is 0 Å². The molecule has 2 rings (SSSR count). The third kappa shape index (κ3) is 2.03. The number of nitrogens with one attached hydrogen (secondary N) is 2. The second kappa shape index (κ2) is 4.28. The molecule has 0 radical (unpaired) electrons. The summed E-state index contributed by atoms with van der Waals surface area (Å²) in [5.41, 5.74) is 1.73. The highest BCUT2D eigenvalue weighted by Gasteiger charge is 2.12. The minimum atomic E-state index is 0.262. The Morgan fingerprint density at radius 2 is 2.40 bits per heavy atom. The third-order valence-corrected chi connectivity index (χ3v) is 2.84. The maximum absolute atomic E-state index is 4.45. The molecular weight excluding hydrogens is 256 g/mol. The van der Waals surface area contributed by atoms with Gasteiger partial charge in [0.05, 0.1) is 11.6 Å². The number of fused-ring (bicyclic) bond motifs is 1. The highest BCUT2D eigenvalue weighted by Crippen LogP contribution is 2.19. The third-order valence-electron chi connectivity index (χ3n) is 2.41. The van der Waals surface area contributed by atoms with Gasteiger partial charge in [0.25, 0.3) is 0 Å². The number of H-pyrrole nitrogens is 1. The first-order valence-corrected chi connectivity index (χ1v) is 5.72. The molecule has 2 aromatic heterocycles. The lowest BCUT2D eigenvalue weighted by Gasteiger charge is -2.09. The van der Waals surface area contributed by atoms with Crippen molar-refractivity contribution >= 4 is 27.1 Å². The zero-order chi connectivity index (χ0) is 10.8. The van der Waals surface area contributed by atoms with Crippen molar-refractivity contribution in [3.63, 3.8) is 0 Å². The molecule has 0 saturated heterocycles. The van der Waals surface area contributed by atoms with Crippen LogP contribution in [0.15, 0.2) is 16.7 Å². The van der Waals surface area contributed by atoms with Crippen molar-refractivity contribution in [2.45, 2.75) is 19.4 Å².